The zero-order valence-corrected chi connectivity index (χ0v) is 13.6. The Kier molecular flexibility index (Phi) is 4.15. The van der Waals surface area contributed by atoms with Crippen molar-refractivity contribution >= 4 is 16.9 Å². The number of methoxy groups -OCH3 is 1. The number of carbonyl (C=O) groups excluding carboxylic acids is 1. The summed E-state index contributed by atoms with van der Waals surface area (Å²) < 4.78 is 7.05. The molecule has 0 aliphatic carbocycles. The van der Waals surface area contributed by atoms with Crippen LogP contribution in [0.4, 0.5) is 0 Å². The highest BCUT2D eigenvalue weighted by Gasteiger charge is 2.16. The number of benzene rings is 1. The lowest BCUT2D eigenvalue weighted by Gasteiger charge is -2.09. The third-order valence-corrected chi connectivity index (χ3v) is 3.86. The summed E-state index contributed by atoms with van der Waals surface area (Å²) in [5.74, 6) is 0.190. The number of fused-ring (bicyclic) bond motifs is 1. The van der Waals surface area contributed by atoms with E-state index in [0.29, 0.717) is 11.5 Å². The summed E-state index contributed by atoms with van der Waals surface area (Å²) in [4.78, 5) is 16.1. The highest BCUT2D eigenvalue weighted by atomic mass is 16.5. The van der Waals surface area contributed by atoms with Crippen LogP contribution in [0.15, 0.2) is 48.9 Å². The van der Waals surface area contributed by atoms with Gasteiger partial charge in [0.1, 0.15) is 0 Å². The predicted molar refractivity (Wildman–Crippen MR) is 91.3 cm³/mol. The molecule has 0 fully saturated rings. The molecule has 4 heteroatoms. The molecule has 0 saturated carbocycles. The predicted octanol–water partition coefficient (Wildman–Crippen LogP) is 4.15. The van der Waals surface area contributed by atoms with E-state index < -0.39 is 0 Å². The Morgan fingerprint density at radius 1 is 1.17 bits per heavy atom. The van der Waals surface area contributed by atoms with E-state index in [1.165, 1.54) is 7.11 Å². The van der Waals surface area contributed by atoms with Crippen molar-refractivity contribution in [3.63, 3.8) is 0 Å². The first-order valence-corrected chi connectivity index (χ1v) is 7.71. The van der Waals surface area contributed by atoms with Gasteiger partial charge in [0.25, 0.3) is 0 Å². The molecular formula is C19H20N2O2. The van der Waals surface area contributed by atoms with E-state index in [0.717, 1.165) is 28.6 Å². The third kappa shape index (κ3) is 2.97. The molecule has 0 saturated heterocycles. The van der Waals surface area contributed by atoms with Crippen molar-refractivity contribution in [1.29, 1.82) is 0 Å². The van der Waals surface area contributed by atoms with Gasteiger partial charge in [0, 0.05) is 36.0 Å². The molecule has 1 aromatic carbocycles. The summed E-state index contributed by atoms with van der Waals surface area (Å²) >= 11 is 0. The van der Waals surface area contributed by atoms with E-state index in [-0.39, 0.29) is 5.97 Å². The average molecular weight is 308 g/mol. The van der Waals surface area contributed by atoms with Crippen molar-refractivity contribution in [3.8, 4) is 11.1 Å². The molecule has 0 unspecified atom stereocenters. The molecule has 4 nitrogen and oxygen atoms in total. The lowest BCUT2D eigenvalue weighted by Crippen LogP contribution is -2.03. The molecule has 118 valence electrons. The number of hydrogen-bond donors (Lipinski definition) is 0. The molecule has 0 amide bonds. The van der Waals surface area contributed by atoms with E-state index in [1.807, 2.05) is 30.5 Å². The van der Waals surface area contributed by atoms with Gasteiger partial charge >= 0.3 is 5.97 Å². The molecule has 2 heterocycles. The number of carbonyl (C=O) groups is 1. The number of esters is 1. The molecule has 0 N–H and O–H groups in total. The minimum Gasteiger partial charge on any atom is -0.465 e. The molecule has 0 spiro atoms. The van der Waals surface area contributed by atoms with Crippen LogP contribution in [0.1, 0.15) is 24.2 Å². The standard InChI is InChI=1S/C19H20N2O2/c1-13(2)11-21-12-17(19(22)23-3)16-5-4-15(10-18(16)21)14-6-8-20-9-7-14/h4-10,12-13H,11H2,1-3H3. The summed E-state index contributed by atoms with van der Waals surface area (Å²) in [6.45, 7) is 5.18. The molecule has 0 bridgehead atoms. The van der Waals surface area contributed by atoms with Gasteiger partial charge in [0.05, 0.1) is 12.7 Å². The van der Waals surface area contributed by atoms with Crippen molar-refractivity contribution < 1.29 is 9.53 Å². The largest absolute Gasteiger partial charge is 0.465 e. The molecule has 0 radical (unpaired) electrons. The second-order valence-corrected chi connectivity index (χ2v) is 6.05. The van der Waals surface area contributed by atoms with Gasteiger partial charge in [-0.05, 0) is 35.2 Å². The number of aromatic nitrogens is 2. The third-order valence-electron chi connectivity index (χ3n) is 3.86. The number of hydrogen-bond acceptors (Lipinski definition) is 3. The summed E-state index contributed by atoms with van der Waals surface area (Å²) in [5, 5.41) is 0.926. The Morgan fingerprint density at radius 3 is 2.57 bits per heavy atom. The molecule has 3 aromatic rings. The van der Waals surface area contributed by atoms with Crippen LogP contribution in [-0.2, 0) is 11.3 Å². The second kappa shape index (κ2) is 6.24. The Morgan fingerprint density at radius 2 is 1.91 bits per heavy atom. The SMILES string of the molecule is COC(=O)c1cn(CC(C)C)c2cc(-c3ccncc3)ccc12. The topological polar surface area (TPSA) is 44.1 Å². The van der Waals surface area contributed by atoms with E-state index in [4.69, 9.17) is 4.74 Å². The zero-order chi connectivity index (χ0) is 16.4. The maximum atomic E-state index is 12.0. The van der Waals surface area contributed by atoms with E-state index in [1.54, 1.807) is 12.4 Å². The van der Waals surface area contributed by atoms with Crippen molar-refractivity contribution in [1.82, 2.24) is 9.55 Å². The van der Waals surface area contributed by atoms with Crippen LogP contribution in [-0.4, -0.2) is 22.6 Å². The molecule has 2 aromatic heterocycles. The summed E-state index contributed by atoms with van der Waals surface area (Å²) in [5.41, 5.74) is 3.89. The van der Waals surface area contributed by atoms with E-state index in [9.17, 15) is 4.79 Å². The van der Waals surface area contributed by atoms with Gasteiger partial charge in [-0.15, -0.1) is 0 Å². The van der Waals surface area contributed by atoms with Crippen molar-refractivity contribution in [2.75, 3.05) is 7.11 Å². The summed E-state index contributed by atoms with van der Waals surface area (Å²) in [7, 11) is 1.42. The number of ether oxygens (including phenoxy) is 1. The fourth-order valence-electron chi connectivity index (χ4n) is 2.83. The quantitative estimate of drug-likeness (QED) is 0.680. The minimum absolute atomic E-state index is 0.297. The Bertz CT molecular complexity index is 835. The van der Waals surface area contributed by atoms with Crippen LogP contribution in [0, 0.1) is 5.92 Å². The minimum atomic E-state index is -0.297. The Balaban J connectivity index is 2.18. The van der Waals surface area contributed by atoms with Gasteiger partial charge in [0.2, 0.25) is 0 Å². The van der Waals surface area contributed by atoms with Crippen LogP contribution in [0.5, 0.6) is 0 Å². The van der Waals surface area contributed by atoms with Gasteiger partial charge < -0.3 is 9.30 Å². The molecular weight excluding hydrogens is 288 g/mol. The van der Waals surface area contributed by atoms with Gasteiger partial charge in [-0.25, -0.2) is 4.79 Å². The van der Waals surface area contributed by atoms with Crippen molar-refractivity contribution in [2.45, 2.75) is 20.4 Å². The summed E-state index contributed by atoms with van der Waals surface area (Å²) in [6.07, 6.45) is 5.46. The number of pyridine rings is 1. The van der Waals surface area contributed by atoms with Crippen LogP contribution in [0.25, 0.3) is 22.0 Å². The Hall–Kier alpha value is -2.62. The van der Waals surface area contributed by atoms with Crippen molar-refractivity contribution in [3.05, 3.63) is 54.5 Å². The molecule has 0 aliphatic heterocycles. The fraction of sp³-hybridized carbons (Fsp3) is 0.263. The first kappa shape index (κ1) is 15.3. The van der Waals surface area contributed by atoms with Gasteiger partial charge in [0.15, 0.2) is 0 Å². The van der Waals surface area contributed by atoms with Crippen LogP contribution < -0.4 is 0 Å². The first-order valence-electron chi connectivity index (χ1n) is 7.71. The zero-order valence-electron chi connectivity index (χ0n) is 13.6. The first-order chi connectivity index (χ1) is 11.1. The number of rotatable bonds is 4. The molecule has 0 aliphatic rings. The average Bonchev–Trinajstić information content (AvgIpc) is 2.92. The number of nitrogens with zero attached hydrogens (tertiary/aromatic N) is 2. The molecule has 0 atom stereocenters. The normalized spacial score (nSPS) is 11.1. The van der Waals surface area contributed by atoms with E-state index in [2.05, 4.69) is 29.5 Å². The second-order valence-electron chi connectivity index (χ2n) is 6.05. The lowest BCUT2D eigenvalue weighted by atomic mass is 10.0. The van der Waals surface area contributed by atoms with Crippen LogP contribution in [0.2, 0.25) is 0 Å². The smallest absolute Gasteiger partial charge is 0.340 e. The lowest BCUT2D eigenvalue weighted by molar-refractivity contribution is 0.0602. The highest BCUT2D eigenvalue weighted by molar-refractivity contribution is 6.05. The maximum absolute atomic E-state index is 12.0. The van der Waals surface area contributed by atoms with Gasteiger partial charge in [-0.1, -0.05) is 26.0 Å². The molecule has 3 rings (SSSR count). The Labute approximate surface area is 135 Å². The van der Waals surface area contributed by atoms with Gasteiger partial charge in [-0.2, -0.15) is 0 Å². The monoisotopic (exact) mass is 308 g/mol. The summed E-state index contributed by atoms with van der Waals surface area (Å²) in [6, 6.07) is 10.1. The highest BCUT2D eigenvalue weighted by Crippen LogP contribution is 2.28. The fourth-order valence-corrected chi connectivity index (χ4v) is 2.83. The molecule has 23 heavy (non-hydrogen) atoms. The van der Waals surface area contributed by atoms with Gasteiger partial charge in [-0.3, -0.25) is 4.98 Å². The van der Waals surface area contributed by atoms with Crippen molar-refractivity contribution in [2.24, 2.45) is 5.92 Å². The van der Waals surface area contributed by atoms with Crippen LogP contribution in [0.3, 0.4) is 0 Å². The maximum Gasteiger partial charge on any atom is 0.340 e. The van der Waals surface area contributed by atoms with E-state index >= 15 is 0 Å². The van der Waals surface area contributed by atoms with Crippen LogP contribution >= 0.6 is 0 Å².